The average molecular weight is 260 g/mol. The number of hydrogen-bond acceptors (Lipinski definition) is 5. The fraction of sp³-hybridized carbons (Fsp3) is 0.300. The zero-order chi connectivity index (χ0) is 12.0. The minimum Gasteiger partial charge on any atom is -0.450 e. The second-order valence-electron chi connectivity index (χ2n) is 2.88. The Morgan fingerprint density at radius 2 is 1.94 bits per heavy atom. The van der Waals surface area contributed by atoms with Gasteiger partial charge in [0, 0.05) is 10.8 Å². The summed E-state index contributed by atoms with van der Waals surface area (Å²) in [5.74, 6) is -0.663. The van der Waals surface area contributed by atoms with Gasteiger partial charge in [0.05, 0.1) is 11.3 Å². The van der Waals surface area contributed by atoms with Crippen LogP contribution in [0, 0.1) is 0 Å². The van der Waals surface area contributed by atoms with Gasteiger partial charge in [-0.3, -0.25) is 0 Å². The van der Waals surface area contributed by atoms with E-state index in [1.807, 2.05) is 0 Å². The zero-order valence-electron chi connectivity index (χ0n) is 8.75. The molecule has 0 saturated heterocycles. The van der Waals surface area contributed by atoms with E-state index in [4.69, 9.17) is 4.74 Å². The SMILES string of the molecule is CCS(=O)(=O)SCOC(=O)c1ccccc1. The van der Waals surface area contributed by atoms with Crippen LogP contribution in [0.25, 0.3) is 0 Å². The summed E-state index contributed by atoms with van der Waals surface area (Å²) in [4.78, 5) is 11.4. The lowest BCUT2D eigenvalue weighted by Gasteiger charge is -2.03. The molecule has 0 saturated carbocycles. The monoisotopic (exact) mass is 260 g/mol. The van der Waals surface area contributed by atoms with Gasteiger partial charge in [-0.05, 0) is 12.1 Å². The minimum atomic E-state index is -3.16. The third-order valence-electron chi connectivity index (χ3n) is 1.78. The summed E-state index contributed by atoms with van der Waals surface area (Å²) >= 11 is 0. The van der Waals surface area contributed by atoms with E-state index in [0.717, 1.165) is 0 Å². The normalized spacial score (nSPS) is 11.1. The molecule has 1 rings (SSSR count). The van der Waals surface area contributed by atoms with Crippen LogP contribution in [0.5, 0.6) is 0 Å². The van der Waals surface area contributed by atoms with Gasteiger partial charge in [0.1, 0.15) is 0 Å². The Hall–Kier alpha value is -1.01. The Balaban J connectivity index is 2.43. The highest BCUT2D eigenvalue weighted by atomic mass is 33.1. The smallest absolute Gasteiger partial charge is 0.338 e. The number of rotatable bonds is 5. The van der Waals surface area contributed by atoms with E-state index >= 15 is 0 Å². The predicted molar refractivity (Wildman–Crippen MR) is 63.8 cm³/mol. The Kier molecular flexibility index (Phi) is 4.82. The number of ether oxygens (including phenoxy) is 1. The first-order valence-corrected chi connectivity index (χ1v) is 7.80. The first-order valence-electron chi connectivity index (χ1n) is 4.64. The van der Waals surface area contributed by atoms with E-state index in [1.54, 1.807) is 37.3 Å². The maximum absolute atomic E-state index is 11.4. The quantitative estimate of drug-likeness (QED) is 0.459. The summed E-state index contributed by atoms with van der Waals surface area (Å²) in [6, 6.07) is 8.44. The number of hydrogen-bond donors (Lipinski definition) is 0. The highest BCUT2D eigenvalue weighted by Gasteiger charge is 2.11. The number of carbonyl (C=O) groups excluding carboxylic acids is 1. The number of esters is 1. The Morgan fingerprint density at radius 1 is 1.31 bits per heavy atom. The van der Waals surface area contributed by atoms with E-state index in [-0.39, 0.29) is 11.7 Å². The van der Waals surface area contributed by atoms with E-state index in [1.165, 1.54) is 0 Å². The Labute approximate surface area is 98.3 Å². The summed E-state index contributed by atoms with van der Waals surface area (Å²) in [6.45, 7) is 1.54. The van der Waals surface area contributed by atoms with Crippen molar-refractivity contribution in [2.75, 3.05) is 11.7 Å². The molecule has 0 atom stereocenters. The van der Waals surface area contributed by atoms with Crippen LogP contribution < -0.4 is 0 Å². The van der Waals surface area contributed by atoms with Crippen molar-refractivity contribution < 1.29 is 17.9 Å². The molecular formula is C10H12O4S2. The van der Waals surface area contributed by atoms with Gasteiger partial charge in [-0.2, -0.15) is 0 Å². The van der Waals surface area contributed by atoms with Crippen LogP contribution in [0.4, 0.5) is 0 Å². The van der Waals surface area contributed by atoms with Gasteiger partial charge in [-0.1, -0.05) is 25.1 Å². The second kappa shape index (κ2) is 5.91. The molecule has 0 N–H and O–H groups in total. The predicted octanol–water partition coefficient (Wildman–Crippen LogP) is 1.88. The Bertz CT molecular complexity index is 439. The highest BCUT2D eigenvalue weighted by Crippen LogP contribution is 2.13. The molecule has 0 bridgehead atoms. The molecule has 88 valence electrons. The molecule has 6 heteroatoms. The first kappa shape index (κ1) is 13.1. The second-order valence-corrected chi connectivity index (χ2v) is 7.27. The zero-order valence-corrected chi connectivity index (χ0v) is 10.4. The van der Waals surface area contributed by atoms with Crippen molar-refractivity contribution in [1.29, 1.82) is 0 Å². The third-order valence-corrected chi connectivity index (χ3v) is 5.13. The molecule has 0 heterocycles. The minimum absolute atomic E-state index is 0.0283. The summed E-state index contributed by atoms with van der Waals surface area (Å²) in [5, 5.41) is 0. The topological polar surface area (TPSA) is 60.4 Å². The highest BCUT2D eigenvalue weighted by molar-refractivity contribution is 8.72. The maximum atomic E-state index is 11.4. The summed E-state index contributed by atoms with van der Waals surface area (Å²) in [6.07, 6.45) is 0. The summed E-state index contributed by atoms with van der Waals surface area (Å²) in [7, 11) is -2.53. The molecule has 0 unspecified atom stereocenters. The van der Waals surface area contributed by atoms with Crippen LogP contribution in [0.15, 0.2) is 30.3 Å². The third kappa shape index (κ3) is 4.24. The number of benzene rings is 1. The maximum Gasteiger partial charge on any atom is 0.338 e. The summed E-state index contributed by atoms with van der Waals surface area (Å²) < 4.78 is 27.0. The van der Waals surface area contributed by atoms with Crippen molar-refractivity contribution >= 4 is 25.6 Å². The van der Waals surface area contributed by atoms with Crippen LogP contribution in [-0.4, -0.2) is 26.1 Å². The van der Waals surface area contributed by atoms with E-state index in [2.05, 4.69) is 0 Å². The standard InChI is InChI=1S/C10H12O4S2/c1-2-16(12,13)15-8-14-10(11)9-6-4-3-5-7-9/h3-7H,2,8H2,1H3. The first-order chi connectivity index (χ1) is 7.55. The van der Waals surface area contributed by atoms with E-state index in [0.29, 0.717) is 16.4 Å². The molecule has 0 spiro atoms. The molecule has 0 aliphatic rings. The molecular weight excluding hydrogens is 248 g/mol. The van der Waals surface area contributed by atoms with Gasteiger partial charge >= 0.3 is 5.97 Å². The van der Waals surface area contributed by atoms with E-state index < -0.39 is 14.8 Å². The van der Waals surface area contributed by atoms with Gasteiger partial charge < -0.3 is 4.74 Å². The van der Waals surface area contributed by atoms with Crippen molar-refractivity contribution in [3.8, 4) is 0 Å². The van der Waals surface area contributed by atoms with Crippen molar-refractivity contribution in [3.63, 3.8) is 0 Å². The lowest BCUT2D eigenvalue weighted by atomic mass is 10.2. The van der Waals surface area contributed by atoms with Crippen LogP contribution in [-0.2, 0) is 13.6 Å². The largest absolute Gasteiger partial charge is 0.450 e. The molecule has 16 heavy (non-hydrogen) atoms. The van der Waals surface area contributed by atoms with Gasteiger partial charge in [0.25, 0.3) is 0 Å². The molecule has 1 aromatic carbocycles. The van der Waals surface area contributed by atoms with Crippen molar-refractivity contribution in [2.24, 2.45) is 0 Å². The van der Waals surface area contributed by atoms with Crippen LogP contribution in [0.2, 0.25) is 0 Å². The van der Waals surface area contributed by atoms with Gasteiger partial charge in [0.2, 0.25) is 8.87 Å². The molecule has 0 aliphatic carbocycles. The van der Waals surface area contributed by atoms with Crippen molar-refractivity contribution in [2.45, 2.75) is 6.92 Å². The van der Waals surface area contributed by atoms with Crippen molar-refractivity contribution in [3.05, 3.63) is 35.9 Å². The lowest BCUT2D eigenvalue weighted by molar-refractivity contribution is 0.0580. The van der Waals surface area contributed by atoms with Gasteiger partial charge in [-0.15, -0.1) is 0 Å². The lowest BCUT2D eigenvalue weighted by Crippen LogP contribution is -2.07. The van der Waals surface area contributed by atoms with Crippen LogP contribution in [0.3, 0.4) is 0 Å². The van der Waals surface area contributed by atoms with Gasteiger partial charge in [0.15, 0.2) is 5.94 Å². The summed E-state index contributed by atoms with van der Waals surface area (Å²) in [5.41, 5.74) is 0.414. The molecule has 0 aromatic heterocycles. The van der Waals surface area contributed by atoms with Crippen LogP contribution >= 0.6 is 10.8 Å². The molecule has 0 radical (unpaired) electrons. The molecule has 1 aromatic rings. The van der Waals surface area contributed by atoms with E-state index in [9.17, 15) is 13.2 Å². The molecule has 0 fully saturated rings. The fourth-order valence-electron chi connectivity index (χ4n) is 0.892. The molecule has 0 amide bonds. The Morgan fingerprint density at radius 3 is 2.50 bits per heavy atom. The average Bonchev–Trinajstić information content (AvgIpc) is 2.30. The number of carbonyl (C=O) groups is 1. The van der Waals surface area contributed by atoms with Crippen LogP contribution in [0.1, 0.15) is 17.3 Å². The fourth-order valence-corrected chi connectivity index (χ4v) is 2.44. The van der Waals surface area contributed by atoms with Crippen molar-refractivity contribution in [1.82, 2.24) is 0 Å². The molecule has 0 aliphatic heterocycles. The molecule has 4 nitrogen and oxygen atoms in total. The van der Waals surface area contributed by atoms with Gasteiger partial charge in [-0.25, -0.2) is 13.2 Å².